The van der Waals surface area contributed by atoms with Crippen LogP contribution in [-0.2, 0) is 0 Å². The van der Waals surface area contributed by atoms with Crippen LogP contribution in [0.3, 0.4) is 0 Å². The number of nitrogens with one attached hydrogen (secondary N) is 1. The van der Waals surface area contributed by atoms with Gasteiger partial charge in [-0.1, -0.05) is 29.8 Å². The second-order valence-corrected chi connectivity index (χ2v) is 6.49. The summed E-state index contributed by atoms with van der Waals surface area (Å²) in [5.74, 6) is 0.641. The summed E-state index contributed by atoms with van der Waals surface area (Å²) in [5.41, 5.74) is 4.52. The quantitative estimate of drug-likeness (QED) is 0.619. The lowest BCUT2D eigenvalue weighted by molar-refractivity contribution is 0.101. The lowest BCUT2D eigenvalue weighted by Crippen LogP contribution is -2.15. The van der Waals surface area contributed by atoms with Crippen molar-refractivity contribution >= 4 is 23.1 Å². The fourth-order valence-electron chi connectivity index (χ4n) is 3.07. The lowest BCUT2D eigenvalue weighted by Gasteiger charge is -2.10. The number of ether oxygens (including phenoxy) is 1. The molecule has 0 radical (unpaired) electrons. The van der Waals surface area contributed by atoms with E-state index in [9.17, 15) is 4.79 Å². The number of carbonyl (C=O) groups excluding carboxylic acids is 1. The van der Waals surface area contributed by atoms with E-state index in [2.05, 4.69) is 9.88 Å². The van der Waals surface area contributed by atoms with Crippen molar-refractivity contribution in [3.63, 3.8) is 0 Å². The van der Waals surface area contributed by atoms with Crippen LogP contribution in [0.4, 0.5) is 5.69 Å². The molecule has 26 heavy (non-hydrogen) atoms. The molecule has 0 unspecified atom stereocenters. The third-order valence-electron chi connectivity index (χ3n) is 4.35. The molecule has 0 fully saturated rings. The minimum atomic E-state index is 0.0345. The Hall–Kier alpha value is -2.72. The standard InChI is InChI=1S/C21H21ClN2O2/c1-14-11-18(15(2)24(14)17-7-5-4-6-8-17)20(25)13-23-16-9-10-21(26-3)19(22)12-16/h4-12,23H,13H2,1-3H3. The van der Waals surface area contributed by atoms with E-state index in [1.165, 1.54) is 0 Å². The molecule has 0 atom stereocenters. The number of rotatable bonds is 6. The molecule has 3 aromatic rings. The first-order valence-electron chi connectivity index (χ1n) is 8.36. The van der Waals surface area contributed by atoms with E-state index < -0.39 is 0 Å². The van der Waals surface area contributed by atoms with Gasteiger partial charge in [-0.2, -0.15) is 0 Å². The number of hydrogen-bond acceptors (Lipinski definition) is 3. The predicted octanol–water partition coefficient (Wildman–Crippen LogP) is 5.05. The van der Waals surface area contributed by atoms with Gasteiger partial charge >= 0.3 is 0 Å². The number of anilines is 1. The molecule has 1 aromatic heterocycles. The summed E-state index contributed by atoms with van der Waals surface area (Å²) >= 11 is 6.13. The molecule has 1 heterocycles. The molecular formula is C21H21ClN2O2. The minimum Gasteiger partial charge on any atom is -0.495 e. The minimum absolute atomic E-state index is 0.0345. The average Bonchev–Trinajstić information content (AvgIpc) is 2.95. The largest absolute Gasteiger partial charge is 0.495 e. The fourth-order valence-corrected chi connectivity index (χ4v) is 3.33. The zero-order valence-corrected chi connectivity index (χ0v) is 15.8. The second kappa shape index (κ2) is 7.67. The van der Waals surface area contributed by atoms with E-state index in [1.807, 2.05) is 56.3 Å². The number of hydrogen-bond donors (Lipinski definition) is 1. The summed E-state index contributed by atoms with van der Waals surface area (Å²) in [6.45, 7) is 4.17. The summed E-state index contributed by atoms with van der Waals surface area (Å²) in [6, 6.07) is 17.3. The number of methoxy groups -OCH3 is 1. The number of aryl methyl sites for hydroxylation is 1. The number of Topliss-reactive ketones (excluding diaryl/α,β-unsaturated/α-hetero) is 1. The van der Waals surface area contributed by atoms with Crippen LogP contribution < -0.4 is 10.1 Å². The van der Waals surface area contributed by atoms with Crippen molar-refractivity contribution in [2.24, 2.45) is 0 Å². The van der Waals surface area contributed by atoms with Gasteiger partial charge in [0.05, 0.1) is 18.7 Å². The highest BCUT2D eigenvalue weighted by molar-refractivity contribution is 6.32. The Labute approximate surface area is 158 Å². The molecule has 5 heteroatoms. The summed E-state index contributed by atoms with van der Waals surface area (Å²) in [6.07, 6.45) is 0. The molecule has 0 aliphatic carbocycles. The number of aromatic nitrogens is 1. The summed E-state index contributed by atoms with van der Waals surface area (Å²) in [7, 11) is 1.57. The highest BCUT2D eigenvalue weighted by atomic mass is 35.5. The molecule has 0 aliphatic heterocycles. The van der Waals surface area contributed by atoms with Gasteiger partial charge in [0, 0.05) is 28.3 Å². The highest BCUT2D eigenvalue weighted by Gasteiger charge is 2.16. The van der Waals surface area contributed by atoms with Gasteiger partial charge in [0.1, 0.15) is 5.75 Å². The van der Waals surface area contributed by atoms with E-state index in [0.29, 0.717) is 10.8 Å². The van der Waals surface area contributed by atoms with Gasteiger partial charge in [-0.15, -0.1) is 0 Å². The zero-order valence-electron chi connectivity index (χ0n) is 15.0. The first-order chi connectivity index (χ1) is 12.5. The number of ketones is 1. The van der Waals surface area contributed by atoms with Crippen molar-refractivity contribution in [2.75, 3.05) is 19.0 Å². The van der Waals surface area contributed by atoms with Gasteiger partial charge in [-0.05, 0) is 50.2 Å². The first kappa shape index (κ1) is 18.1. The van der Waals surface area contributed by atoms with Crippen LogP contribution in [-0.4, -0.2) is 24.0 Å². The van der Waals surface area contributed by atoms with Crippen molar-refractivity contribution in [1.29, 1.82) is 0 Å². The molecule has 1 N–H and O–H groups in total. The van der Waals surface area contributed by atoms with Crippen LogP contribution in [0.25, 0.3) is 5.69 Å². The Morgan fingerprint density at radius 2 is 1.85 bits per heavy atom. The van der Waals surface area contributed by atoms with Gasteiger partial charge in [0.2, 0.25) is 0 Å². The fraction of sp³-hybridized carbons (Fsp3) is 0.190. The van der Waals surface area contributed by atoms with Gasteiger partial charge < -0.3 is 14.6 Å². The van der Waals surface area contributed by atoms with Crippen LogP contribution in [0, 0.1) is 13.8 Å². The lowest BCUT2D eigenvalue weighted by atomic mass is 10.1. The van der Waals surface area contributed by atoms with Crippen LogP contribution in [0.1, 0.15) is 21.7 Å². The summed E-state index contributed by atoms with van der Waals surface area (Å²) in [4.78, 5) is 12.7. The van der Waals surface area contributed by atoms with Gasteiger partial charge in [0.25, 0.3) is 0 Å². The predicted molar refractivity (Wildman–Crippen MR) is 106 cm³/mol. The summed E-state index contributed by atoms with van der Waals surface area (Å²) in [5, 5.41) is 3.64. The normalized spacial score (nSPS) is 10.6. The van der Waals surface area contributed by atoms with Gasteiger partial charge in [0.15, 0.2) is 5.78 Å². The topological polar surface area (TPSA) is 43.3 Å². The van der Waals surface area contributed by atoms with E-state index in [-0.39, 0.29) is 12.3 Å². The maximum Gasteiger partial charge on any atom is 0.183 e. The van der Waals surface area contributed by atoms with Crippen molar-refractivity contribution in [2.45, 2.75) is 13.8 Å². The van der Waals surface area contributed by atoms with Crippen LogP contribution in [0.15, 0.2) is 54.6 Å². The van der Waals surface area contributed by atoms with Gasteiger partial charge in [-0.3, -0.25) is 4.79 Å². The molecule has 2 aromatic carbocycles. The van der Waals surface area contributed by atoms with E-state index in [4.69, 9.17) is 16.3 Å². The van der Waals surface area contributed by atoms with Crippen molar-refractivity contribution < 1.29 is 9.53 Å². The van der Waals surface area contributed by atoms with Crippen LogP contribution in [0.2, 0.25) is 5.02 Å². The number of benzene rings is 2. The second-order valence-electron chi connectivity index (χ2n) is 6.08. The molecule has 0 aliphatic rings. The first-order valence-corrected chi connectivity index (χ1v) is 8.74. The Morgan fingerprint density at radius 3 is 2.50 bits per heavy atom. The maximum absolute atomic E-state index is 12.7. The Bertz CT molecular complexity index is 933. The molecule has 0 spiro atoms. The monoisotopic (exact) mass is 368 g/mol. The molecule has 4 nitrogen and oxygen atoms in total. The molecule has 3 rings (SSSR count). The Morgan fingerprint density at radius 1 is 1.12 bits per heavy atom. The van der Waals surface area contributed by atoms with Crippen molar-refractivity contribution in [3.05, 3.63) is 76.6 Å². The van der Waals surface area contributed by atoms with Crippen LogP contribution in [0.5, 0.6) is 5.75 Å². The number of para-hydroxylation sites is 1. The van der Waals surface area contributed by atoms with E-state index >= 15 is 0 Å². The summed E-state index contributed by atoms with van der Waals surface area (Å²) < 4.78 is 7.23. The molecule has 0 amide bonds. The average molecular weight is 369 g/mol. The van der Waals surface area contributed by atoms with E-state index in [1.54, 1.807) is 19.2 Å². The SMILES string of the molecule is COc1ccc(NCC(=O)c2cc(C)n(-c3ccccc3)c2C)cc1Cl. The third-order valence-corrected chi connectivity index (χ3v) is 4.65. The zero-order chi connectivity index (χ0) is 18.7. The van der Waals surface area contributed by atoms with E-state index in [0.717, 1.165) is 28.3 Å². The van der Waals surface area contributed by atoms with Gasteiger partial charge in [-0.25, -0.2) is 0 Å². The van der Waals surface area contributed by atoms with Crippen molar-refractivity contribution in [1.82, 2.24) is 4.57 Å². The molecular weight excluding hydrogens is 348 g/mol. The highest BCUT2D eigenvalue weighted by Crippen LogP contribution is 2.27. The van der Waals surface area contributed by atoms with Crippen molar-refractivity contribution in [3.8, 4) is 11.4 Å². The Balaban J connectivity index is 1.78. The third kappa shape index (κ3) is 3.60. The maximum atomic E-state index is 12.7. The smallest absolute Gasteiger partial charge is 0.183 e. The number of carbonyl (C=O) groups is 1. The number of nitrogens with zero attached hydrogens (tertiary/aromatic N) is 1. The molecule has 0 saturated heterocycles. The number of halogens is 1. The molecule has 0 saturated carbocycles. The Kier molecular flexibility index (Phi) is 5.33. The molecule has 134 valence electrons. The molecule has 0 bridgehead atoms. The van der Waals surface area contributed by atoms with Crippen LogP contribution >= 0.6 is 11.6 Å².